The maximum atomic E-state index is 12.9. The number of rotatable bonds is 3. The largest absolute Gasteiger partial charge is 0.416 e. The van der Waals surface area contributed by atoms with Crippen LogP contribution in [0.3, 0.4) is 0 Å². The maximum absolute atomic E-state index is 12.9. The Morgan fingerprint density at radius 3 is 2.43 bits per heavy atom. The molecule has 2 rings (SSSR count). The van der Waals surface area contributed by atoms with Crippen LogP contribution < -0.4 is 0 Å². The monoisotopic (exact) mass is 316 g/mol. The number of ketones is 1. The molecule has 0 saturated heterocycles. The van der Waals surface area contributed by atoms with Gasteiger partial charge in [0.15, 0.2) is 5.78 Å². The van der Waals surface area contributed by atoms with Gasteiger partial charge in [0.25, 0.3) is 0 Å². The molecule has 0 fully saturated rings. The Bertz CT molecular complexity index is 680. The molecule has 1 nitrogen and oxygen atoms in total. The lowest BCUT2D eigenvalue weighted by atomic mass is 10.0. The van der Waals surface area contributed by atoms with Crippen molar-refractivity contribution in [2.45, 2.75) is 12.6 Å². The zero-order valence-electron chi connectivity index (χ0n) is 10.5. The summed E-state index contributed by atoms with van der Waals surface area (Å²) < 4.78 is 50.7. The van der Waals surface area contributed by atoms with E-state index in [1.807, 2.05) is 0 Å². The van der Waals surface area contributed by atoms with Crippen LogP contribution in [0.5, 0.6) is 0 Å². The molecule has 6 heteroatoms. The molecule has 0 aliphatic rings. The van der Waals surface area contributed by atoms with Crippen molar-refractivity contribution in [1.82, 2.24) is 0 Å². The Balaban J connectivity index is 2.25. The summed E-state index contributed by atoms with van der Waals surface area (Å²) in [6.45, 7) is 0. The molecule has 110 valence electrons. The van der Waals surface area contributed by atoms with Gasteiger partial charge in [-0.15, -0.1) is 0 Å². The van der Waals surface area contributed by atoms with E-state index < -0.39 is 23.3 Å². The lowest BCUT2D eigenvalue weighted by Gasteiger charge is -2.09. The molecule has 0 amide bonds. The predicted octanol–water partition coefficient (Wildman–Crippen LogP) is 4.92. The number of hydrogen-bond donors (Lipinski definition) is 0. The summed E-state index contributed by atoms with van der Waals surface area (Å²) in [5.74, 6) is -1.06. The van der Waals surface area contributed by atoms with Crippen molar-refractivity contribution < 1.29 is 22.4 Å². The van der Waals surface area contributed by atoms with Crippen molar-refractivity contribution in [1.29, 1.82) is 0 Å². The average Bonchev–Trinajstić information content (AvgIpc) is 2.41. The van der Waals surface area contributed by atoms with Crippen molar-refractivity contribution in [2.24, 2.45) is 0 Å². The average molecular weight is 317 g/mol. The summed E-state index contributed by atoms with van der Waals surface area (Å²) >= 11 is 5.79. The van der Waals surface area contributed by atoms with Crippen LogP contribution >= 0.6 is 11.6 Å². The smallest absolute Gasteiger partial charge is 0.294 e. The second-order valence-corrected chi connectivity index (χ2v) is 4.82. The van der Waals surface area contributed by atoms with Crippen LogP contribution in [-0.4, -0.2) is 5.78 Å². The summed E-state index contributed by atoms with van der Waals surface area (Å²) in [5, 5.41) is 0.0651. The van der Waals surface area contributed by atoms with Gasteiger partial charge in [-0.05, 0) is 29.8 Å². The fourth-order valence-corrected chi connectivity index (χ4v) is 2.04. The number of alkyl halides is 3. The Morgan fingerprint density at radius 2 is 1.81 bits per heavy atom. The molecule has 0 N–H and O–H groups in total. The fourth-order valence-electron chi connectivity index (χ4n) is 1.81. The normalized spacial score (nSPS) is 11.5. The van der Waals surface area contributed by atoms with Crippen LogP contribution in [0.15, 0.2) is 42.5 Å². The number of benzene rings is 2. The van der Waals surface area contributed by atoms with Gasteiger partial charge < -0.3 is 0 Å². The quantitative estimate of drug-likeness (QED) is 0.580. The summed E-state index contributed by atoms with van der Waals surface area (Å²) in [6, 6.07) is 7.68. The number of carbonyl (C=O) groups excluding carboxylic acids is 1. The minimum Gasteiger partial charge on any atom is -0.294 e. The Labute approximate surface area is 123 Å². The van der Waals surface area contributed by atoms with E-state index in [1.54, 1.807) is 0 Å². The molecule has 0 saturated carbocycles. The number of Topliss-reactive ketones (excluding diaryl/α,β-unsaturated/α-hetero) is 1. The first-order valence-corrected chi connectivity index (χ1v) is 6.29. The molecule has 0 heterocycles. The molecular formula is C15H9ClF4O. The van der Waals surface area contributed by atoms with Crippen LogP contribution in [0, 0.1) is 5.82 Å². The zero-order chi connectivity index (χ0) is 15.6. The van der Waals surface area contributed by atoms with E-state index in [0.717, 1.165) is 24.3 Å². The van der Waals surface area contributed by atoms with Crippen molar-refractivity contribution in [3.63, 3.8) is 0 Å². The number of hydrogen-bond acceptors (Lipinski definition) is 1. The first kappa shape index (κ1) is 15.5. The van der Waals surface area contributed by atoms with E-state index in [9.17, 15) is 22.4 Å². The maximum Gasteiger partial charge on any atom is 0.416 e. The number of carbonyl (C=O) groups is 1. The molecule has 0 atom stereocenters. The van der Waals surface area contributed by atoms with Gasteiger partial charge >= 0.3 is 6.18 Å². The molecule has 0 radical (unpaired) electrons. The highest BCUT2D eigenvalue weighted by Gasteiger charge is 2.30. The zero-order valence-corrected chi connectivity index (χ0v) is 11.3. The molecule has 0 aromatic heterocycles. The Hall–Kier alpha value is -1.88. The van der Waals surface area contributed by atoms with Gasteiger partial charge in [-0.2, -0.15) is 13.2 Å². The standard InChI is InChI=1S/C15H9ClF4O/c16-13-8-12(17)5-4-9(13)7-14(21)10-2-1-3-11(6-10)15(18,19)20/h1-6,8H,7H2. The Kier molecular flexibility index (Phi) is 4.32. The molecule has 2 aromatic carbocycles. The third kappa shape index (κ3) is 3.82. The summed E-state index contributed by atoms with van der Waals surface area (Å²) in [7, 11) is 0. The topological polar surface area (TPSA) is 17.1 Å². The van der Waals surface area contributed by atoms with E-state index in [4.69, 9.17) is 11.6 Å². The van der Waals surface area contributed by atoms with Crippen LogP contribution in [0.4, 0.5) is 17.6 Å². The van der Waals surface area contributed by atoms with Gasteiger partial charge in [-0.1, -0.05) is 29.8 Å². The molecule has 0 spiro atoms. The highest BCUT2D eigenvalue weighted by atomic mass is 35.5. The van der Waals surface area contributed by atoms with Gasteiger partial charge in [-0.25, -0.2) is 4.39 Å². The van der Waals surface area contributed by atoms with Gasteiger partial charge in [0.05, 0.1) is 5.56 Å². The highest BCUT2D eigenvalue weighted by molar-refractivity contribution is 6.31. The highest BCUT2D eigenvalue weighted by Crippen LogP contribution is 2.30. The third-order valence-electron chi connectivity index (χ3n) is 2.88. The van der Waals surface area contributed by atoms with Crippen LogP contribution in [-0.2, 0) is 12.6 Å². The lowest BCUT2D eigenvalue weighted by molar-refractivity contribution is -0.137. The first-order chi connectivity index (χ1) is 9.77. The first-order valence-electron chi connectivity index (χ1n) is 5.92. The van der Waals surface area contributed by atoms with Crippen LogP contribution in [0.1, 0.15) is 21.5 Å². The van der Waals surface area contributed by atoms with Crippen molar-refractivity contribution in [3.8, 4) is 0 Å². The van der Waals surface area contributed by atoms with E-state index in [-0.39, 0.29) is 17.0 Å². The minimum atomic E-state index is -4.51. The van der Waals surface area contributed by atoms with Gasteiger partial charge in [0.2, 0.25) is 0 Å². The molecule has 0 aliphatic heterocycles. The predicted molar refractivity (Wildman–Crippen MR) is 70.9 cm³/mol. The third-order valence-corrected chi connectivity index (χ3v) is 3.23. The molecule has 21 heavy (non-hydrogen) atoms. The van der Waals surface area contributed by atoms with Crippen LogP contribution in [0.2, 0.25) is 5.02 Å². The molecule has 0 aliphatic carbocycles. The van der Waals surface area contributed by atoms with E-state index >= 15 is 0 Å². The SMILES string of the molecule is O=C(Cc1ccc(F)cc1Cl)c1cccc(C(F)(F)F)c1. The van der Waals surface area contributed by atoms with Gasteiger partial charge in [0, 0.05) is 17.0 Å². The minimum absolute atomic E-state index is 0.0646. The van der Waals surface area contributed by atoms with Crippen molar-refractivity contribution >= 4 is 17.4 Å². The van der Waals surface area contributed by atoms with Crippen molar-refractivity contribution in [2.75, 3.05) is 0 Å². The van der Waals surface area contributed by atoms with E-state index in [0.29, 0.717) is 5.56 Å². The van der Waals surface area contributed by atoms with Crippen molar-refractivity contribution in [3.05, 3.63) is 70.0 Å². The fraction of sp³-hybridized carbons (Fsp3) is 0.133. The molecule has 2 aromatic rings. The Morgan fingerprint density at radius 1 is 1.10 bits per heavy atom. The van der Waals surface area contributed by atoms with E-state index in [2.05, 4.69) is 0 Å². The summed E-state index contributed by atoms with van der Waals surface area (Å²) in [4.78, 5) is 12.0. The van der Waals surface area contributed by atoms with Crippen LogP contribution in [0.25, 0.3) is 0 Å². The van der Waals surface area contributed by atoms with Gasteiger partial charge in [-0.3, -0.25) is 4.79 Å². The molecule has 0 unspecified atom stereocenters. The molecular weight excluding hydrogens is 308 g/mol. The van der Waals surface area contributed by atoms with Gasteiger partial charge in [0.1, 0.15) is 5.82 Å². The van der Waals surface area contributed by atoms with E-state index in [1.165, 1.54) is 18.2 Å². The molecule has 0 bridgehead atoms. The second kappa shape index (κ2) is 5.85. The second-order valence-electron chi connectivity index (χ2n) is 4.41. The summed E-state index contributed by atoms with van der Waals surface area (Å²) in [5.41, 5.74) is -0.593. The summed E-state index contributed by atoms with van der Waals surface area (Å²) in [6.07, 6.45) is -4.70. The number of halogens is 5. The lowest BCUT2D eigenvalue weighted by Crippen LogP contribution is -2.09.